The van der Waals surface area contributed by atoms with E-state index >= 15 is 0 Å². The van der Waals surface area contributed by atoms with Crippen LogP contribution in [0.1, 0.15) is 26.7 Å². The van der Waals surface area contributed by atoms with E-state index in [1.54, 1.807) is 0 Å². The lowest BCUT2D eigenvalue weighted by atomic mass is 10.1. The molecule has 0 spiro atoms. The van der Waals surface area contributed by atoms with Crippen LogP contribution in [0.3, 0.4) is 0 Å². The summed E-state index contributed by atoms with van der Waals surface area (Å²) in [6.07, 6.45) is 2.40. The lowest BCUT2D eigenvalue weighted by molar-refractivity contribution is 0.253. The molecule has 2 nitrogen and oxygen atoms in total. The summed E-state index contributed by atoms with van der Waals surface area (Å²) < 4.78 is 5.63. The zero-order chi connectivity index (χ0) is 10.4. The standard InChI is InChI=1S/C12H19NO/c1-3-6-10(2)9-14-12-8-5-4-7-11(12)13/h4-5,7-8,10H,3,6,9,13H2,1-2H3/t10-/m0/s1. The Hall–Kier alpha value is -1.18. The largest absolute Gasteiger partial charge is 0.491 e. The summed E-state index contributed by atoms with van der Waals surface area (Å²) in [6, 6.07) is 7.63. The molecule has 0 heterocycles. The Morgan fingerprint density at radius 2 is 2.07 bits per heavy atom. The Morgan fingerprint density at radius 1 is 1.36 bits per heavy atom. The third-order valence-corrected chi connectivity index (χ3v) is 2.22. The lowest BCUT2D eigenvalue weighted by Crippen LogP contribution is -2.09. The molecule has 2 N–H and O–H groups in total. The maximum atomic E-state index is 5.76. The predicted molar refractivity (Wildman–Crippen MR) is 60.4 cm³/mol. The van der Waals surface area contributed by atoms with Gasteiger partial charge in [-0.3, -0.25) is 0 Å². The molecule has 0 aromatic heterocycles. The quantitative estimate of drug-likeness (QED) is 0.729. The van der Waals surface area contributed by atoms with Gasteiger partial charge < -0.3 is 10.5 Å². The average Bonchev–Trinajstić information content (AvgIpc) is 2.17. The van der Waals surface area contributed by atoms with E-state index in [1.165, 1.54) is 12.8 Å². The van der Waals surface area contributed by atoms with Crippen LogP contribution in [0.15, 0.2) is 24.3 Å². The third-order valence-electron chi connectivity index (χ3n) is 2.22. The van der Waals surface area contributed by atoms with E-state index in [4.69, 9.17) is 10.5 Å². The number of rotatable bonds is 5. The molecule has 0 unspecified atom stereocenters. The van der Waals surface area contributed by atoms with Crippen molar-refractivity contribution in [3.8, 4) is 5.75 Å². The number of ether oxygens (including phenoxy) is 1. The van der Waals surface area contributed by atoms with Crippen LogP contribution in [0.4, 0.5) is 5.69 Å². The first-order chi connectivity index (χ1) is 6.74. The second-order valence-corrected chi connectivity index (χ2v) is 3.74. The molecule has 2 heteroatoms. The van der Waals surface area contributed by atoms with Gasteiger partial charge in [-0.1, -0.05) is 32.4 Å². The zero-order valence-electron chi connectivity index (χ0n) is 8.99. The van der Waals surface area contributed by atoms with Gasteiger partial charge >= 0.3 is 0 Å². The van der Waals surface area contributed by atoms with Gasteiger partial charge in [-0.2, -0.15) is 0 Å². The second-order valence-electron chi connectivity index (χ2n) is 3.74. The molecule has 14 heavy (non-hydrogen) atoms. The highest BCUT2D eigenvalue weighted by Crippen LogP contribution is 2.20. The van der Waals surface area contributed by atoms with E-state index < -0.39 is 0 Å². The number of hydrogen-bond donors (Lipinski definition) is 1. The van der Waals surface area contributed by atoms with Crippen molar-refractivity contribution >= 4 is 5.69 Å². The molecule has 1 atom stereocenters. The SMILES string of the molecule is CCC[C@H](C)COc1ccccc1N. The fourth-order valence-electron chi connectivity index (χ4n) is 1.42. The number of hydrogen-bond acceptors (Lipinski definition) is 2. The molecule has 1 aromatic rings. The second kappa shape index (κ2) is 5.53. The van der Waals surface area contributed by atoms with Crippen molar-refractivity contribution in [3.63, 3.8) is 0 Å². The molecule has 0 saturated heterocycles. The normalized spacial score (nSPS) is 12.4. The Bertz CT molecular complexity index is 273. The van der Waals surface area contributed by atoms with Crippen LogP contribution in [0.5, 0.6) is 5.75 Å². The van der Waals surface area contributed by atoms with E-state index in [0.29, 0.717) is 5.92 Å². The van der Waals surface area contributed by atoms with E-state index in [1.807, 2.05) is 24.3 Å². The number of anilines is 1. The van der Waals surface area contributed by atoms with E-state index in [2.05, 4.69) is 13.8 Å². The fraction of sp³-hybridized carbons (Fsp3) is 0.500. The summed E-state index contributed by atoms with van der Waals surface area (Å²) in [7, 11) is 0. The minimum Gasteiger partial charge on any atom is -0.491 e. The Balaban J connectivity index is 2.41. The number of para-hydroxylation sites is 2. The van der Waals surface area contributed by atoms with E-state index in [9.17, 15) is 0 Å². The molecule has 0 aliphatic rings. The van der Waals surface area contributed by atoms with E-state index in [-0.39, 0.29) is 0 Å². The third kappa shape index (κ3) is 3.29. The van der Waals surface area contributed by atoms with Crippen LogP contribution in [-0.2, 0) is 0 Å². The maximum absolute atomic E-state index is 5.76. The summed E-state index contributed by atoms with van der Waals surface area (Å²) in [5.41, 5.74) is 6.47. The van der Waals surface area contributed by atoms with Gasteiger partial charge in [0.2, 0.25) is 0 Å². The molecule has 0 bridgehead atoms. The molecule has 0 radical (unpaired) electrons. The van der Waals surface area contributed by atoms with Gasteiger partial charge in [-0.15, -0.1) is 0 Å². The highest BCUT2D eigenvalue weighted by atomic mass is 16.5. The minimum absolute atomic E-state index is 0.597. The molecule has 0 fully saturated rings. The first-order valence-corrected chi connectivity index (χ1v) is 5.21. The molecule has 0 amide bonds. The van der Waals surface area contributed by atoms with Crippen molar-refractivity contribution in [1.82, 2.24) is 0 Å². The average molecular weight is 193 g/mol. The molecule has 0 aliphatic carbocycles. The van der Waals surface area contributed by atoms with Crippen LogP contribution in [0.2, 0.25) is 0 Å². The van der Waals surface area contributed by atoms with Crippen molar-refractivity contribution in [2.24, 2.45) is 5.92 Å². The molecule has 78 valence electrons. The highest BCUT2D eigenvalue weighted by Gasteiger charge is 2.03. The Labute approximate surface area is 86.1 Å². The van der Waals surface area contributed by atoms with Crippen molar-refractivity contribution in [3.05, 3.63) is 24.3 Å². The van der Waals surface area contributed by atoms with Gasteiger partial charge in [-0.25, -0.2) is 0 Å². The molecular weight excluding hydrogens is 174 g/mol. The van der Waals surface area contributed by atoms with E-state index in [0.717, 1.165) is 18.0 Å². The maximum Gasteiger partial charge on any atom is 0.142 e. The van der Waals surface area contributed by atoms with Crippen LogP contribution in [0.25, 0.3) is 0 Å². The van der Waals surface area contributed by atoms with Crippen molar-refractivity contribution in [2.75, 3.05) is 12.3 Å². The molecule has 1 rings (SSSR count). The minimum atomic E-state index is 0.597. The molecular formula is C12H19NO. The van der Waals surface area contributed by atoms with Crippen LogP contribution >= 0.6 is 0 Å². The van der Waals surface area contributed by atoms with Crippen molar-refractivity contribution in [2.45, 2.75) is 26.7 Å². The predicted octanol–water partition coefficient (Wildman–Crippen LogP) is 3.08. The van der Waals surface area contributed by atoms with Gasteiger partial charge in [0.05, 0.1) is 12.3 Å². The van der Waals surface area contributed by atoms with Gasteiger partial charge in [0.15, 0.2) is 0 Å². The molecule has 0 aliphatic heterocycles. The number of benzene rings is 1. The van der Waals surface area contributed by atoms with Crippen LogP contribution in [0, 0.1) is 5.92 Å². The molecule has 0 saturated carbocycles. The van der Waals surface area contributed by atoms with Crippen molar-refractivity contribution < 1.29 is 4.74 Å². The highest BCUT2D eigenvalue weighted by molar-refractivity contribution is 5.51. The summed E-state index contributed by atoms with van der Waals surface area (Å²) in [6.45, 7) is 5.14. The summed E-state index contributed by atoms with van der Waals surface area (Å²) in [4.78, 5) is 0. The smallest absolute Gasteiger partial charge is 0.142 e. The number of nitrogen functional groups attached to an aromatic ring is 1. The van der Waals surface area contributed by atoms with Gasteiger partial charge in [-0.05, 0) is 24.5 Å². The first kappa shape index (κ1) is 10.9. The summed E-state index contributed by atoms with van der Waals surface area (Å²) in [5.74, 6) is 1.40. The van der Waals surface area contributed by atoms with Gasteiger partial charge in [0.25, 0.3) is 0 Å². The van der Waals surface area contributed by atoms with Gasteiger partial charge in [0.1, 0.15) is 5.75 Å². The number of nitrogens with two attached hydrogens (primary N) is 1. The van der Waals surface area contributed by atoms with Crippen molar-refractivity contribution in [1.29, 1.82) is 0 Å². The van der Waals surface area contributed by atoms with Crippen LogP contribution < -0.4 is 10.5 Å². The Morgan fingerprint density at radius 3 is 2.71 bits per heavy atom. The lowest BCUT2D eigenvalue weighted by Gasteiger charge is -2.13. The monoisotopic (exact) mass is 193 g/mol. The fourth-order valence-corrected chi connectivity index (χ4v) is 1.42. The zero-order valence-corrected chi connectivity index (χ0v) is 8.99. The first-order valence-electron chi connectivity index (χ1n) is 5.21. The summed E-state index contributed by atoms with van der Waals surface area (Å²) >= 11 is 0. The van der Waals surface area contributed by atoms with Crippen LogP contribution in [-0.4, -0.2) is 6.61 Å². The topological polar surface area (TPSA) is 35.2 Å². The summed E-state index contributed by atoms with van der Waals surface area (Å²) in [5, 5.41) is 0. The molecule has 1 aromatic carbocycles. The van der Waals surface area contributed by atoms with Gasteiger partial charge in [0, 0.05) is 0 Å². The Kier molecular flexibility index (Phi) is 4.30.